The van der Waals surface area contributed by atoms with Crippen LogP contribution in [0.4, 0.5) is 0 Å². The summed E-state index contributed by atoms with van der Waals surface area (Å²) in [5.41, 5.74) is 2.99. The third-order valence-corrected chi connectivity index (χ3v) is 4.07. The Balaban J connectivity index is 2.13. The van der Waals surface area contributed by atoms with Crippen molar-refractivity contribution in [1.29, 1.82) is 0 Å². The van der Waals surface area contributed by atoms with E-state index in [9.17, 15) is 19.8 Å². The topological polar surface area (TPSA) is 99.8 Å². The van der Waals surface area contributed by atoms with Crippen molar-refractivity contribution in [2.45, 2.75) is 13.5 Å². The fourth-order valence-electron chi connectivity index (χ4n) is 2.93. The lowest BCUT2D eigenvalue weighted by Crippen LogP contribution is -2.09. The number of phenols is 1. The highest BCUT2D eigenvalue weighted by Crippen LogP contribution is 2.33. The number of fused-ring (bicyclic) bond motifs is 1. The Morgan fingerprint density at radius 3 is 2.54 bits per heavy atom. The first-order valence-electron chi connectivity index (χ1n) is 7.91. The van der Waals surface area contributed by atoms with Crippen molar-refractivity contribution in [3.05, 3.63) is 71.4 Å². The maximum atomic E-state index is 11.4. The molecule has 0 spiro atoms. The van der Waals surface area contributed by atoms with Crippen LogP contribution in [0.5, 0.6) is 5.75 Å². The van der Waals surface area contributed by atoms with Gasteiger partial charge in [-0.05, 0) is 24.6 Å². The Morgan fingerprint density at radius 2 is 1.85 bits per heavy atom. The first-order chi connectivity index (χ1) is 12.4. The molecule has 0 atom stereocenters. The fourth-order valence-corrected chi connectivity index (χ4v) is 2.93. The Bertz CT molecular complexity index is 1050. The number of aliphatic carboxylic acids is 1. The number of benzene rings is 2. The molecule has 0 amide bonds. The molecule has 2 aromatic carbocycles. The minimum Gasteiger partial charge on any atom is -0.507 e. The number of hydrogen-bond acceptors (Lipinski definition) is 4. The van der Waals surface area contributed by atoms with Gasteiger partial charge in [0.15, 0.2) is 0 Å². The SMILES string of the molecule is Cc1cccc(Cn2cc(/C(O)=C/C(=O)C(=O)O)c3c(O)cccc32)c1. The predicted octanol–water partition coefficient (Wildman–Crippen LogP) is 3.26. The zero-order chi connectivity index (χ0) is 18.8. The molecule has 0 saturated heterocycles. The molecule has 0 saturated carbocycles. The molecule has 0 unspecified atom stereocenters. The number of carbonyl (C=O) groups is 2. The Kier molecular flexibility index (Phi) is 4.49. The largest absolute Gasteiger partial charge is 0.507 e. The van der Waals surface area contributed by atoms with Crippen LogP contribution >= 0.6 is 0 Å². The highest BCUT2D eigenvalue weighted by atomic mass is 16.4. The van der Waals surface area contributed by atoms with E-state index >= 15 is 0 Å². The number of phenolic OH excluding ortho intramolecular Hbond substituents is 1. The molecule has 0 bridgehead atoms. The number of carboxylic acid groups (broad SMARTS) is 1. The smallest absolute Gasteiger partial charge is 0.376 e. The number of carboxylic acids is 1. The summed E-state index contributed by atoms with van der Waals surface area (Å²) < 4.78 is 1.83. The third-order valence-electron chi connectivity index (χ3n) is 4.07. The predicted molar refractivity (Wildman–Crippen MR) is 97.1 cm³/mol. The summed E-state index contributed by atoms with van der Waals surface area (Å²) in [6.45, 7) is 2.47. The lowest BCUT2D eigenvalue weighted by atomic mass is 10.1. The van der Waals surface area contributed by atoms with Crippen LogP contribution in [-0.4, -0.2) is 31.6 Å². The average Bonchev–Trinajstić information content (AvgIpc) is 2.95. The van der Waals surface area contributed by atoms with Crippen LogP contribution in [0.15, 0.2) is 54.7 Å². The van der Waals surface area contributed by atoms with Gasteiger partial charge in [-0.1, -0.05) is 35.9 Å². The van der Waals surface area contributed by atoms with Gasteiger partial charge in [-0.25, -0.2) is 4.79 Å². The van der Waals surface area contributed by atoms with E-state index in [-0.39, 0.29) is 11.3 Å². The van der Waals surface area contributed by atoms with Gasteiger partial charge in [-0.15, -0.1) is 0 Å². The number of aryl methyl sites for hydroxylation is 1. The van der Waals surface area contributed by atoms with Crippen LogP contribution in [0.1, 0.15) is 16.7 Å². The van der Waals surface area contributed by atoms with E-state index in [1.165, 1.54) is 6.07 Å². The van der Waals surface area contributed by atoms with Crippen LogP contribution in [0, 0.1) is 6.92 Å². The van der Waals surface area contributed by atoms with Crippen molar-refractivity contribution in [2.24, 2.45) is 0 Å². The molecular formula is C20H17NO5. The number of hydrogen-bond donors (Lipinski definition) is 3. The normalized spacial score (nSPS) is 11.7. The van der Waals surface area contributed by atoms with Crippen molar-refractivity contribution >= 4 is 28.4 Å². The monoisotopic (exact) mass is 351 g/mol. The Morgan fingerprint density at radius 1 is 1.12 bits per heavy atom. The van der Waals surface area contributed by atoms with Crippen molar-refractivity contribution in [1.82, 2.24) is 4.57 Å². The second kappa shape index (κ2) is 6.76. The summed E-state index contributed by atoms with van der Waals surface area (Å²) in [7, 11) is 0. The van der Waals surface area contributed by atoms with E-state index in [4.69, 9.17) is 5.11 Å². The molecule has 0 fully saturated rings. The highest BCUT2D eigenvalue weighted by Gasteiger charge is 2.18. The number of aliphatic hydroxyl groups is 1. The maximum Gasteiger partial charge on any atom is 0.376 e. The van der Waals surface area contributed by atoms with Crippen molar-refractivity contribution < 1.29 is 24.9 Å². The summed E-state index contributed by atoms with van der Waals surface area (Å²) >= 11 is 0. The van der Waals surface area contributed by atoms with Gasteiger partial charge < -0.3 is 19.9 Å². The molecule has 0 aliphatic carbocycles. The molecule has 1 heterocycles. The van der Waals surface area contributed by atoms with E-state index in [1.54, 1.807) is 18.3 Å². The number of aliphatic hydroxyl groups excluding tert-OH is 1. The molecule has 6 heteroatoms. The lowest BCUT2D eigenvalue weighted by Gasteiger charge is -2.06. The maximum absolute atomic E-state index is 11.4. The van der Waals surface area contributed by atoms with E-state index in [0.29, 0.717) is 23.5 Å². The summed E-state index contributed by atoms with van der Waals surface area (Å²) in [4.78, 5) is 22.1. The van der Waals surface area contributed by atoms with E-state index < -0.39 is 17.5 Å². The van der Waals surface area contributed by atoms with Gasteiger partial charge in [0.1, 0.15) is 11.5 Å². The molecular weight excluding hydrogens is 334 g/mol. The van der Waals surface area contributed by atoms with Crippen molar-refractivity contribution in [3.63, 3.8) is 0 Å². The molecule has 6 nitrogen and oxygen atoms in total. The summed E-state index contributed by atoms with van der Waals surface area (Å²) in [6.07, 6.45) is 2.23. The number of nitrogens with zero attached hydrogens (tertiary/aromatic N) is 1. The van der Waals surface area contributed by atoms with E-state index in [1.807, 2.05) is 35.8 Å². The van der Waals surface area contributed by atoms with Gasteiger partial charge in [0, 0.05) is 24.4 Å². The second-order valence-electron chi connectivity index (χ2n) is 6.03. The average molecular weight is 351 g/mol. The lowest BCUT2D eigenvalue weighted by molar-refractivity contribution is -0.146. The zero-order valence-corrected chi connectivity index (χ0v) is 14.0. The van der Waals surface area contributed by atoms with Gasteiger partial charge in [0.05, 0.1) is 10.9 Å². The minimum absolute atomic E-state index is 0.0665. The van der Waals surface area contributed by atoms with Gasteiger partial charge in [0.25, 0.3) is 5.78 Å². The number of aromatic hydroxyl groups is 1. The summed E-state index contributed by atoms with van der Waals surface area (Å²) in [6, 6.07) is 12.8. The molecule has 132 valence electrons. The third kappa shape index (κ3) is 3.30. The van der Waals surface area contributed by atoms with Crippen molar-refractivity contribution in [3.8, 4) is 5.75 Å². The number of rotatable bonds is 5. The first-order valence-corrected chi connectivity index (χ1v) is 7.91. The zero-order valence-electron chi connectivity index (χ0n) is 14.0. The number of carbonyl (C=O) groups excluding carboxylic acids is 1. The van der Waals surface area contributed by atoms with Crippen LogP contribution in [0.3, 0.4) is 0 Å². The van der Waals surface area contributed by atoms with Crippen molar-refractivity contribution in [2.75, 3.05) is 0 Å². The van der Waals surface area contributed by atoms with Gasteiger partial charge in [-0.3, -0.25) is 4.79 Å². The molecule has 3 rings (SSSR count). The van der Waals surface area contributed by atoms with Gasteiger partial charge in [0.2, 0.25) is 0 Å². The standard InChI is InChI=1S/C20H17NO5/c1-12-4-2-5-13(8-12)10-21-11-14(17(23)9-18(24)20(25)26)19-15(21)6-3-7-16(19)22/h2-9,11,22-23H,10H2,1H3,(H,25,26)/b17-9-. The van der Waals surface area contributed by atoms with Crippen LogP contribution in [-0.2, 0) is 16.1 Å². The van der Waals surface area contributed by atoms with Crippen LogP contribution < -0.4 is 0 Å². The first kappa shape index (κ1) is 17.3. The fraction of sp³-hybridized carbons (Fsp3) is 0.100. The molecule has 3 N–H and O–H groups in total. The van der Waals surface area contributed by atoms with Gasteiger partial charge >= 0.3 is 5.97 Å². The Labute approximate surface area is 149 Å². The molecule has 26 heavy (non-hydrogen) atoms. The number of aromatic nitrogens is 1. The molecule has 0 aliphatic rings. The van der Waals surface area contributed by atoms with Crippen LogP contribution in [0.25, 0.3) is 16.7 Å². The van der Waals surface area contributed by atoms with Gasteiger partial charge in [-0.2, -0.15) is 0 Å². The Hall–Kier alpha value is -3.54. The minimum atomic E-state index is -1.66. The highest BCUT2D eigenvalue weighted by molar-refractivity contribution is 6.38. The summed E-state index contributed by atoms with van der Waals surface area (Å²) in [5, 5.41) is 29.5. The second-order valence-corrected chi connectivity index (χ2v) is 6.03. The quantitative estimate of drug-likeness (QED) is 0.372. The molecule has 3 aromatic rings. The number of ketones is 1. The molecule has 0 radical (unpaired) electrons. The van der Waals surface area contributed by atoms with Crippen LogP contribution in [0.2, 0.25) is 0 Å². The molecule has 1 aromatic heterocycles. The van der Waals surface area contributed by atoms with E-state index in [2.05, 4.69) is 0 Å². The van der Waals surface area contributed by atoms with E-state index in [0.717, 1.165) is 11.1 Å². The summed E-state index contributed by atoms with van der Waals surface area (Å²) in [5.74, 6) is -3.48. The molecule has 0 aliphatic heterocycles.